The summed E-state index contributed by atoms with van der Waals surface area (Å²) in [4.78, 5) is 29.2. The summed E-state index contributed by atoms with van der Waals surface area (Å²) in [5.41, 5.74) is 1.54. The van der Waals surface area contributed by atoms with Gasteiger partial charge in [-0.2, -0.15) is 0 Å². The smallest absolute Gasteiger partial charge is 0.327 e. The Kier molecular flexibility index (Phi) is 9.88. The monoisotopic (exact) mass is 698 g/mol. The molecule has 2 N–H and O–H groups in total. The third-order valence-corrected chi connectivity index (χ3v) is 12.2. The minimum atomic E-state index is -3.81. The van der Waals surface area contributed by atoms with Crippen molar-refractivity contribution in [3.8, 4) is 5.75 Å². The SMILES string of the molecule is CO[C@H]1/C=C\COC(C)(C)C(=O)N=S(=O)(NC(=O)NC(C)C)c2ccc3c(c2)N(C[C@@H]2CC[C@H]21)C[C@@]1(CCCc2cc(Cl)ccc21)CO3. The number of fused-ring (bicyclic) bond motifs is 4. The summed E-state index contributed by atoms with van der Waals surface area (Å²) < 4.78 is 40.1. The van der Waals surface area contributed by atoms with E-state index in [9.17, 15) is 13.8 Å². The van der Waals surface area contributed by atoms with Crippen LogP contribution >= 0.6 is 11.6 Å². The van der Waals surface area contributed by atoms with Crippen molar-refractivity contribution < 1.29 is 28.0 Å². The number of carbonyl (C=O) groups excluding carboxylic acids is 2. The number of benzene rings is 2. The Bertz CT molecular complexity index is 1720. The third kappa shape index (κ3) is 6.97. The number of ether oxygens (including phenoxy) is 3. The molecule has 2 aromatic carbocycles. The highest BCUT2D eigenvalue weighted by Gasteiger charge is 2.44. The van der Waals surface area contributed by atoms with Crippen LogP contribution in [0.1, 0.15) is 64.5 Å². The minimum Gasteiger partial charge on any atom is -0.490 e. The average molecular weight is 699 g/mol. The highest BCUT2D eigenvalue weighted by molar-refractivity contribution is 7.92. The molecule has 4 aliphatic rings. The van der Waals surface area contributed by atoms with Gasteiger partial charge >= 0.3 is 6.03 Å². The fourth-order valence-corrected chi connectivity index (χ4v) is 9.24. The van der Waals surface area contributed by atoms with Crippen LogP contribution in [0, 0.1) is 11.8 Å². The number of amides is 3. The van der Waals surface area contributed by atoms with Crippen LogP contribution in [-0.4, -0.2) is 67.3 Å². The Morgan fingerprint density at radius 3 is 2.73 bits per heavy atom. The van der Waals surface area contributed by atoms with Gasteiger partial charge in [-0.25, -0.2) is 13.7 Å². The Morgan fingerprint density at radius 2 is 2.00 bits per heavy atom. The van der Waals surface area contributed by atoms with Gasteiger partial charge in [-0.05, 0) is 113 Å². The van der Waals surface area contributed by atoms with Crippen LogP contribution in [0.3, 0.4) is 0 Å². The molecule has 1 fully saturated rings. The van der Waals surface area contributed by atoms with Gasteiger partial charge in [0.05, 0.1) is 29.9 Å². The number of hydrogen-bond donors (Lipinski definition) is 2. The van der Waals surface area contributed by atoms with Gasteiger partial charge in [-0.1, -0.05) is 29.8 Å². The van der Waals surface area contributed by atoms with Crippen LogP contribution in [0.15, 0.2) is 57.8 Å². The molecule has 6 rings (SSSR count). The zero-order valence-corrected chi connectivity index (χ0v) is 30.0. The van der Waals surface area contributed by atoms with Crippen molar-refractivity contribution in [2.75, 3.05) is 38.3 Å². The van der Waals surface area contributed by atoms with E-state index in [1.54, 1.807) is 53.0 Å². The van der Waals surface area contributed by atoms with Crippen molar-refractivity contribution in [3.05, 3.63) is 64.7 Å². The zero-order valence-electron chi connectivity index (χ0n) is 28.4. The highest BCUT2D eigenvalue weighted by Crippen LogP contribution is 2.47. The van der Waals surface area contributed by atoms with Crippen LogP contribution in [0.5, 0.6) is 5.75 Å². The maximum atomic E-state index is 14.8. The van der Waals surface area contributed by atoms with E-state index in [0.29, 0.717) is 30.7 Å². The summed E-state index contributed by atoms with van der Waals surface area (Å²) in [6, 6.07) is 10.5. The molecular weight excluding hydrogens is 652 g/mol. The van der Waals surface area contributed by atoms with E-state index in [1.807, 2.05) is 18.2 Å². The van der Waals surface area contributed by atoms with E-state index in [1.165, 1.54) is 11.1 Å². The molecule has 10 nitrogen and oxygen atoms in total. The predicted molar refractivity (Wildman–Crippen MR) is 187 cm³/mol. The van der Waals surface area contributed by atoms with Gasteiger partial charge in [0, 0.05) is 36.7 Å². The standard InChI is InChI=1S/C36H47ClN4O6S/c1-23(2)38-34(43)40-48(44)27-12-15-32-30(19-27)41(21-36(22-46-32)16-6-8-24-18-26(37)11-14-29(24)36)20-25-10-13-28(25)31(45-5)9-7-17-47-35(3,4)33(42)39-48/h7,9,11-12,14-15,18-19,23,25,28,31H,6,8,10,13,16-17,20-22H2,1-5H3,(H2,38,39,40,42,43,44)/b9-7-/t25-,28+,31-,36-,48?/m0/s1. The lowest BCUT2D eigenvalue weighted by atomic mass is 9.68. The first-order valence-corrected chi connectivity index (χ1v) is 18.8. The van der Waals surface area contributed by atoms with E-state index in [0.717, 1.165) is 49.4 Å². The summed E-state index contributed by atoms with van der Waals surface area (Å²) in [6.07, 6.45) is 8.78. The number of nitrogens with one attached hydrogen (secondary N) is 2. The van der Waals surface area contributed by atoms with Gasteiger partial charge in [0.25, 0.3) is 5.91 Å². The Balaban J connectivity index is 1.50. The first-order chi connectivity index (χ1) is 22.8. The van der Waals surface area contributed by atoms with E-state index in [4.69, 9.17) is 25.8 Å². The molecule has 2 aliphatic carbocycles. The van der Waals surface area contributed by atoms with Gasteiger partial charge < -0.3 is 24.4 Å². The maximum Gasteiger partial charge on any atom is 0.327 e. The first-order valence-electron chi connectivity index (χ1n) is 16.9. The quantitative estimate of drug-likeness (QED) is 0.367. The largest absolute Gasteiger partial charge is 0.490 e. The summed E-state index contributed by atoms with van der Waals surface area (Å²) in [6.45, 7) is 8.78. The van der Waals surface area contributed by atoms with Crippen molar-refractivity contribution in [1.82, 2.24) is 10.0 Å². The molecule has 0 radical (unpaired) electrons. The van der Waals surface area contributed by atoms with Crippen LogP contribution in [-0.2, 0) is 36.0 Å². The number of rotatable bonds is 3. The summed E-state index contributed by atoms with van der Waals surface area (Å²) in [7, 11) is -2.08. The molecule has 12 heteroatoms. The third-order valence-electron chi connectivity index (χ3n) is 10.2. The number of aryl methyl sites for hydroxylation is 1. The fraction of sp³-hybridized carbons (Fsp3) is 0.556. The van der Waals surface area contributed by atoms with Crippen LogP contribution < -0.4 is 19.7 Å². The maximum absolute atomic E-state index is 14.8. The lowest BCUT2D eigenvalue weighted by molar-refractivity contribution is -0.137. The van der Waals surface area contributed by atoms with Gasteiger partial charge in [0.15, 0.2) is 9.92 Å². The van der Waals surface area contributed by atoms with Gasteiger partial charge in [-0.15, -0.1) is 4.36 Å². The Morgan fingerprint density at radius 1 is 1.19 bits per heavy atom. The van der Waals surface area contributed by atoms with Crippen molar-refractivity contribution in [2.24, 2.45) is 16.2 Å². The molecule has 2 heterocycles. The minimum absolute atomic E-state index is 0.105. The Hall–Kier alpha value is -3.12. The molecule has 1 spiro atoms. The van der Waals surface area contributed by atoms with Crippen LogP contribution in [0.2, 0.25) is 5.02 Å². The molecule has 0 aromatic heterocycles. The summed E-state index contributed by atoms with van der Waals surface area (Å²) >= 11 is 6.45. The molecule has 3 amide bonds. The first kappa shape index (κ1) is 34.7. The molecule has 2 aromatic rings. The van der Waals surface area contributed by atoms with Crippen molar-refractivity contribution in [1.29, 1.82) is 0 Å². The number of anilines is 1. The highest BCUT2D eigenvalue weighted by atomic mass is 35.5. The van der Waals surface area contributed by atoms with E-state index in [-0.39, 0.29) is 29.1 Å². The van der Waals surface area contributed by atoms with Crippen LogP contribution in [0.25, 0.3) is 0 Å². The number of nitrogens with zero attached hydrogens (tertiary/aromatic N) is 2. The lowest BCUT2D eigenvalue weighted by Gasteiger charge is -2.46. The summed E-state index contributed by atoms with van der Waals surface area (Å²) in [5, 5.41) is 3.44. The van der Waals surface area contributed by atoms with Crippen molar-refractivity contribution in [2.45, 2.75) is 87.9 Å². The molecule has 1 unspecified atom stereocenters. The molecular formula is C36H47ClN4O6S. The molecule has 1 saturated carbocycles. The molecule has 2 aliphatic heterocycles. The number of halogens is 1. The number of methoxy groups -OCH3 is 1. The second-order valence-electron chi connectivity index (χ2n) is 14.3. The fourth-order valence-electron chi connectivity index (χ4n) is 7.49. The average Bonchev–Trinajstić information content (AvgIpc) is 3.16. The van der Waals surface area contributed by atoms with E-state index < -0.39 is 27.5 Å². The van der Waals surface area contributed by atoms with Crippen molar-refractivity contribution in [3.63, 3.8) is 0 Å². The second-order valence-corrected chi connectivity index (χ2v) is 16.7. The zero-order chi connectivity index (χ0) is 34.3. The van der Waals surface area contributed by atoms with E-state index in [2.05, 4.69) is 31.4 Å². The number of hydrogen-bond acceptors (Lipinski definition) is 7. The summed E-state index contributed by atoms with van der Waals surface area (Å²) in [5.74, 6) is 0.522. The molecule has 0 saturated heterocycles. The van der Waals surface area contributed by atoms with Crippen LogP contribution in [0.4, 0.5) is 10.5 Å². The molecule has 5 atom stereocenters. The molecule has 48 heavy (non-hydrogen) atoms. The van der Waals surface area contributed by atoms with Crippen molar-refractivity contribution >= 4 is 39.1 Å². The Labute approximate surface area is 289 Å². The number of urea groups is 1. The van der Waals surface area contributed by atoms with Gasteiger partial charge in [0.1, 0.15) is 11.4 Å². The topological polar surface area (TPSA) is 119 Å². The molecule has 2 bridgehead atoms. The normalized spacial score (nSPS) is 30.5. The molecule has 260 valence electrons. The van der Waals surface area contributed by atoms with E-state index >= 15 is 0 Å². The lowest BCUT2D eigenvalue weighted by Crippen LogP contribution is -2.49. The van der Waals surface area contributed by atoms with Gasteiger partial charge in [0.2, 0.25) is 0 Å². The second kappa shape index (κ2) is 13.7. The predicted octanol–water partition coefficient (Wildman–Crippen LogP) is 6.20. The number of carbonyl (C=O) groups is 2. The van der Waals surface area contributed by atoms with Gasteiger partial charge in [-0.3, -0.25) is 4.79 Å².